The average molecular weight is 268 g/mol. The molecule has 1 aliphatic carbocycles. The molecule has 4 nitrogen and oxygen atoms in total. The maximum absolute atomic E-state index is 12.2. The number of amides is 2. The molecule has 0 aromatic rings. The fourth-order valence-electron chi connectivity index (χ4n) is 3.32. The van der Waals surface area contributed by atoms with Crippen LogP contribution in [0.15, 0.2) is 0 Å². The van der Waals surface area contributed by atoms with Crippen LogP contribution in [0.1, 0.15) is 58.3 Å². The molecule has 0 aromatic carbocycles. The van der Waals surface area contributed by atoms with Crippen LogP contribution in [0.3, 0.4) is 0 Å². The average Bonchev–Trinajstić information content (AvgIpc) is 2.48. The van der Waals surface area contributed by atoms with E-state index in [0.717, 1.165) is 45.2 Å². The van der Waals surface area contributed by atoms with E-state index in [1.54, 1.807) is 0 Å². The second-order valence-electron chi connectivity index (χ2n) is 6.28. The van der Waals surface area contributed by atoms with Crippen LogP contribution in [0.4, 0.5) is 4.79 Å². The molecule has 0 spiro atoms. The number of nitrogens with zero attached hydrogens (tertiary/aromatic N) is 1. The van der Waals surface area contributed by atoms with E-state index in [1.165, 1.54) is 19.3 Å². The predicted octanol–water partition coefficient (Wildman–Crippen LogP) is 2.51. The van der Waals surface area contributed by atoms with E-state index >= 15 is 0 Å². The third-order valence-electron chi connectivity index (χ3n) is 5.13. The molecule has 110 valence electrons. The van der Waals surface area contributed by atoms with E-state index in [9.17, 15) is 9.90 Å². The van der Waals surface area contributed by atoms with E-state index in [4.69, 9.17) is 0 Å². The summed E-state index contributed by atoms with van der Waals surface area (Å²) in [6.07, 6.45) is 8.93. The fourth-order valence-corrected chi connectivity index (χ4v) is 3.32. The van der Waals surface area contributed by atoms with Crippen LogP contribution >= 0.6 is 0 Å². The molecule has 2 aliphatic rings. The van der Waals surface area contributed by atoms with Crippen LogP contribution in [0.2, 0.25) is 0 Å². The van der Waals surface area contributed by atoms with Crippen LogP contribution in [-0.4, -0.2) is 41.8 Å². The quantitative estimate of drug-likeness (QED) is 0.826. The van der Waals surface area contributed by atoms with E-state index in [2.05, 4.69) is 12.2 Å². The van der Waals surface area contributed by atoms with Crippen molar-refractivity contribution in [3.63, 3.8) is 0 Å². The summed E-state index contributed by atoms with van der Waals surface area (Å²) in [5, 5.41) is 12.7. The first-order chi connectivity index (χ1) is 9.19. The number of piperidine rings is 1. The largest absolute Gasteiger partial charge is 0.396 e. The number of hydrogen-bond acceptors (Lipinski definition) is 2. The van der Waals surface area contributed by atoms with Gasteiger partial charge in [0, 0.05) is 25.7 Å². The first kappa shape index (κ1) is 14.6. The molecule has 19 heavy (non-hydrogen) atoms. The molecular weight excluding hydrogens is 240 g/mol. The number of aliphatic hydroxyl groups is 1. The lowest BCUT2D eigenvalue weighted by atomic mass is 9.77. The van der Waals surface area contributed by atoms with Gasteiger partial charge in [0.1, 0.15) is 0 Å². The number of nitrogens with one attached hydrogen (secondary N) is 1. The van der Waals surface area contributed by atoms with Crippen LogP contribution in [0.25, 0.3) is 0 Å². The van der Waals surface area contributed by atoms with Gasteiger partial charge in [-0.2, -0.15) is 0 Å². The summed E-state index contributed by atoms with van der Waals surface area (Å²) in [6, 6.07) is 0.492. The molecule has 1 heterocycles. The SMILES string of the molecule is CCC1(CO)CCN(C(=O)NC2CCCCC2)CC1. The van der Waals surface area contributed by atoms with Gasteiger partial charge in [-0.3, -0.25) is 0 Å². The normalized spacial score (nSPS) is 24.2. The predicted molar refractivity (Wildman–Crippen MR) is 76.0 cm³/mol. The summed E-state index contributed by atoms with van der Waals surface area (Å²) < 4.78 is 0. The first-order valence-corrected chi connectivity index (χ1v) is 7.85. The van der Waals surface area contributed by atoms with Crippen molar-refractivity contribution in [1.82, 2.24) is 10.2 Å². The Hall–Kier alpha value is -0.770. The Morgan fingerprint density at radius 2 is 1.89 bits per heavy atom. The van der Waals surface area contributed by atoms with Crippen molar-refractivity contribution in [2.45, 2.75) is 64.3 Å². The van der Waals surface area contributed by atoms with Crippen molar-refractivity contribution in [2.75, 3.05) is 19.7 Å². The zero-order valence-electron chi connectivity index (χ0n) is 12.2. The standard InChI is InChI=1S/C15H28N2O2/c1-2-15(12-18)8-10-17(11-9-15)14(19)16-13-6-4-3-5-7-13/h13,18H,2-12H2,1H3,(H,16,19). The third kappa shape index (κ3) is 3.62. The van der Waals surface area contributed by atoms with E-state index in [1.807, 2.05) is 4.90 Å². The minimum absolute atomic E-state index is 0.0572. The molecule has 2 rings (SSSR count). The highest BCUT2D eigenvalue weighted by atomic mass is 16.3. The summed E-state index contributed by atoms with van der Waals surface area (Å²) in [5.41, 5.74) is 0.0572. The molecule has 2 fully saturated rings. The molecule has 1 saturated carbocycles. The number of hydrogen-bond donors (Lipinski definition) is 2. The highest BCUT2D eigenvalue weighted by Gasteiger charge is 2.34. The molecule has 0 radical (unpaired) electrons. The van der Waals surface area contributed by atoms with Crippen LogP contribution in [0.5, 0.6) is 0 Å². The summed E-state index contributed by atoms with van der Waals surface area (Å²) in [7, 11) is 0. The zero-order chi connectivity index (χ0) is 13.7. The summed E-state index contributed by atoms with van der Waals surface area (Å²) in [4.78, 5) is 14.1. The van der Waals surface area contributed by atoms with Gasteiger partial charge >= 0.3 is 6.03 Å². The number of rotatable bonds is 3. The van der Waals surface area contributed by atoms with Crippen molar-refractivity contribution in [3.8, 4) is 0 Å². The van der Waals surface area contributed by atoms with Gasteiger partial charge in [-0.05, 0) is 37.5 Å². The molecule has 1 aliphatic heterocycles. The Morgan fingerprint density at radius 3 is 2.42 bits per heavy atom. The van der Waals surface area contributed by atoms with Crippen molar-refractivity contribution in [1.29, 1.82) is 0 Å². The first-order valence-electron chi connectivity index (χ1n) is 7.85. The van der Waals surface area contributed by atoms with E-state index in [-0.39, 0.29) is 18.1 Å². The van der Waals surface area contributed by atoms with E-state index < -0.39 is 0 Å². The van der Waals surface area contributed by atoms with Gasteiger partial charge < -0.3 is 15.3 Å². The minimum atomic E-state index is 0.0572. The highest BCUT2D eigenvalue weighted by molar-refractivity contribution is 5.74. The summed E-state index contributed by atoms with van der Waals surface area (Å²) in [6.45, 7) is 3.95. The second-order valence-corrected chi connectivity index (χ2v) is 6.28. The van der Waals surface area contributed by atoms with Gasteiger partial charge in [-0.1, -0.05) is 26.2 Å². The Morgan fingerprint density at radius 1 is 1.26 bits per heavy atom. The fraction of sp³-hybridized carbons (Fsp3) is 0.933. The minimum Gasteiger partial charge on any atom is -0.396 e. The maximum Gasteiger partial charge on any atom is 0.317 e. The Kier molecular flexibility index (Phi) is 5.08. The number of carbonyl (C=O) groups is 1. The lowest BCUT2D eigenvalue weighted by Gasteiger charge is -2.40. The van der Waals surface area contributed by atoms with Crippen molar-refractivity contribution in [2.24, 2.45) is 5.41 Å². The maximum atomic E-state index is 12.2. The van der Waals surface area contributed by atoms with Gasteiger partial charge in [0.15, 0.2) is 0 Å². The second kappa shape index (κ2) is 6.60. The molecule has 0 atom stereocenters. The third-order valence-corrected chi connectivity index (χ3v) is 5.13. The number of likely N-dealkylation sites (tertiary alicyclic amines) is 1. The lowest BCUT2D eigenvalue weighted by Crippen LogP contribution is -2.50. The Labute approximate surface area is 116 Å². The highest BCUT2D eigenvalue weighted by Crippen LogP contribution is 2.34. The van der Waals surface area contributed by atoms with Crippen LogP contribution < -0.4 is 5.32 Å². The van der Waals surface area contributed by atoms with Crippen LogP contribution in [-0.2, 0) is 0 Å². The molecular formula is C15H28N2O2. The van der Waals surface area contributed by atoms with Gasteiger partial charge in [-0.25, -0.2) is 4.79 Å². The molecule has 2 amide bonds. The monoisotopic (exact) mass is 268 g/mol. The van der Waals surface area contributed by atoms with Crippen molar-refractivity contribution < 1.29 is 9.90 Å². The van der Waals surface area contributed by atoms with E-state index in [0.29, 0.717) is 6.04 Å². The lowest BCUT2D eigenvalue weighted by molar-refractivity contribution is 0.0512. The molecule has 0 bridgehead atoms. The van der Waals surface area contributed by atoms with Crippen molar-refractivity contribution >= 4 is 6.03 Å². The smallest absolute Gasteiger partial charge is 0.317 e. The van der Waals surface area contributed by atoms with Crippen molar-refractivity contribution in [3.05, 3.63) is 0 Å². The Bertz CT molecular complexity index is 287. The summed E-state index contributed by atoms with van der Waals surface area (Å²) >= 11 is 0. The summed E-state index contributed by atoms with van der Waals surface area (Å²) in [5.74, 6) is 0. The molecule has 0 unspecified atom stereocenters. The van der Waals surface area contributed by atoms with Gasteiger partial charge in [0.05, 0.1) is 0 Å². The van der Waals surface area contributed by atoms with Gasteiger partial charge in [0.2, 0.25) is 0 Å². The molecule has 2 N–H and O–H groups in total. The molecule has 0 aromatic heterocycles. The van der Waals surface area contributed by atoms with Gasteiger partial charge in [0.25, 0.3) is 0 Å². The number of carbonyl (C=O) groups excluding carboxylic acids is 1. The molecule has 1 saturated heterocycles. The Balaban J connectivity index is 1.78. The number of aliphatic hydroxyl groups excluding tert-OH is 1. The van der Waals surface area contributed by atoms with Gasteiger partial charge in [-0.15, -0.1) is 0 Å². The number of urea groups is 1. The van der Waals surface area contributed by atoms with Crippen LogP contribution in [0, 0.1) is 5.41 Å². The topological polar surface area (TPSA) is 52.6 Å². The zero-order valence-corrected chi connectivity index (χ0v) is 12.2. The molecule has 4 heteroatoms.